The fourth-order valence-electron chi connectivity index (χ4n) is 3.03. The number of ether oxygens (including phenoxy) is 1. The lowest BCUT2D eigenvalue weighted by atomic mass is 10.1. The Morgan fingerprint density at radius 2 is 1.74 bits per heavy atom. The number of benzene rings is 1. The van der Waals surface area contributed by atoms with E-state index in [0.29, 0.717) is 34.8 Å². The molecule has 0 saturated heterocycles. The Morgan fingerprint density at radius 1 is 1.06 bits per heavy atom. The monoisotopic (exact) mass is 445 g/mol. The van der Waals surface area contributed by atoms with Crippen molar-refractivity contribution in [3.63, 3.8) is 0 Å². The number of rotatable bonds is 8. The zero-order chi connectivity index (χ0) is 23.1. The molecule has 0 aliphatic rings. The van der Waals surface area contributed by atoms with Gasteiger partial charge in [-0.1, -0.05) is 6.07 Å². The predicted octanol–water partition coefficient (Wildman–Crippen LogP) is 3.93. The second-order valence-corrected chi connectivity index (χ2v) is 7.69. The van der Waals surface area contributed by atoms with Gasteiger partial charge in [0, 0.05) is 31.3 Å². The highest BCUT2D eigenvalue weighted by molar-refractivity contribution is 7.18. The molecule has 0 fully saturated rings. The van der Waals surface area contributed by atoms with Crippen LogP contribution in [0.4, 0.5) is 10.7 Å². The largest absolute Gasteiger partial charge is 0.462 e. The molecule has 0 saturated carbocycles. The van der Waals surface area contributed by atoms with Gasteiger partial charge in [-0.25, -0.2) is 4.79 Å². The van der Waals surface area contributed by atoms with E-state index in [0.717, 1.165) is 11.3 Å². The van der Waals surface area contributed by atoms with E-state index in [4.69, 9.17) is 4.74 Å². The number of thiophene rings is 1. The van der Waals surface area contributed by atoms with Crippen LogP contribution in [0.25, 0.3) is 0 Å². The second-order valence-electron chi connectivity index (χ2n) is 6.67. The van der Waals surface area contributed by atoms with Crippen LogP contribution in [-0.4, -0.2) is 48.3 Å². The van der Waals surface area contributed by atoms with E-state index in [2.05, 4.69) is 10.6 Å². The number of amides is 3. The third-order valence-corrected chi connectivity index (χ3v) is 5.74. The molecule has 0 aliphatic heterocycles. The lowest BCUT2D eigenvalue weighted by Gasteiger charge is -2.18. The van der Waals surface area contributed by atoms with E-state index < -0.39 is 11.9 Å². The van der Waals surface area contributed by atoms with Crippen molar-refractivity contribution < 1.29 is 23.9 Å². The summed E-state index contributed by atoms with van der Waals surface area (Å²) in [5.74, 6) is -1.53. The quantitative estimate of drug-likeness (QED) is 0.599. The van der Waals surface area contributed by atoms with Crippen molar-refractivity contribution >= 4 is 45.7 Å². The molecule has 1 aromatic carbocycles. The molecule has 0 bridgehead atoms. The first-order valence-corrected chi connectivity index (χ1v) is 10.8. The summed E-state index contributed by atoms with van der Waals surface area (Å²) in [5.41, 5.74) is 1.42. The van der Waals surface area contributed by atoms with Crippen molar-refractivity contribution in [1.82, 2.24) is 4.90 Å². The minimum atomic E-state index is -0.600. The number of nitrogens with zero attached hydrogens (tertiary/aromatic N) is 1. The van der Waals surface area contributed by atoms with Gasteiger partial charge < -0.3 is 20.3 Å². The summed E-state index contributed by atoms with van der Waals surface area (Å²) in [4.78, 5) is 51.7. The molecule has 8 nitrogen and oxygen atoms in total. The van der Waals surface area contributed by atoms with E-state index in [1.54, 1.807) is 36.9 Å². The molecule has 0 radical (unpaired) electrons. The average Bonchev–Trinajstić information content (AvgIpc) is 3.04. The van der Waals surface area contributed by atoms with Gasteiger partial charge in [0.25, 0.3) is 11.8 Å². The van der Waals surface area contributed by atoms with Crippen LogP contribution in [0.2, 0.25) is 0 Å². The van der Waals surface area contributed by atoms with Crippen molar-refractivity contribution in [3.05, 3.63) is 45.8 Å². The van der Waals surface area contributed by atoms with Crippen LogP contribution in [-0.2, 0) is 9.53 Å². The van der Waals surface area contributed by atoms with Crippen molar-refractivity contribution in [2.45, 2.75) is 34.6 Å². The lowest BCUT2D eigenvalue weighted by Crippen LogP contribution is -2.30. The number of carbonyl (C=O) groups is 4. The molecule has 1 heterocycles. The molecule has 0 unspecified atom stereocenters. The van der Waals surface area contributed by atoms with Gasteiger partial charge >= 0.3 is 5.97 Å². The van der Waals surface area contributed by atoms with Crippen LogP contribution in [0.5, 0.6) is 0 Å². The third kappa shape index (κ3) is 5.69. The summed E-state index contributed by atoms with van der Waals surface area (Å²) in [5, 5.41) is 5.61. The summed E-state index contributed by atoms with van der Waals surface area (Å²) in [7, 11) is 0. The maximum absolute atomic E-state index is 12.9. The van der Waals surface area contributed by atoms with Crippen molar-refractivity contribution in [3.8, 4) is 0 Å². The van der Waals surface area contributed by atoms with Crippen LogP contribution in [0.3, 0.4) is 0 Å². The smallest absolute Gasteiger partial charge is 0.341 e. The van der Waals surface area contributed by atoms with E-state index in [9.17, 15) is 19.2 Å². The zero-order valence-corrected chi connectivity index (χ0v) is 19.1. The second kappa shape index (κ2) is 10.7. The summed E-state index contributed by atoms with van der Waals surface area (Å²) in [6.45, 7) is 9.71. The molecule has 2 N–H and O–H groups in total. The normalized spacial score (nSPS) is 10.4. The van der Waals surface area contributed by atoms with Gasteiger partial charge in [-0.05, 0) is 51.5 Å². The first kappa shape index (κ1) is 24.1. The Labute approximate surface area is 185 Å². The van der Waals surface area contributed by atoms with Gasteiger partial charge in [-0.15, -0.1) is 11.3 Å². The van der Waals surface area contributed by atoms with Crippen LogP contribution >= 0.6 is 11.3 Å². The molecule has 0 aliphatic carbocycles. The van der Waals surface area contributed by atoms with Gasteiger partial charge in [0.1, 0.15) is 5.00 Å². The Bertz CT molecular complexity index is 995. The van der Waals surface area contributed by atoms with Crippen molar-refractivity contribution in [2.24, 2.45) is 0 Å². The first-order valence-electron chi connectivity index (χ1n) is 10.0. The standard InChI is InChI=1S/C22H27N3O5S/c1-6-25(7-2)21(28)18-13(4)17(22(29)30-8-3)20(31-18)24-19(27)15-10-9-11-16(12-15)23-14(5)26/h9-12H,6-8H2,1-5H3,(H,23,26)(H,24,27). The molecule has 2 rings (SSSR count). The number of anilines is 2. The molecule has 3 amide bonds. The molecular formula is C22H27N3O5S. The van der Waals surface area contributed by atoms with Gasteiger partial charge in [-0.3, -0.25) is 14.4 Å². The molecule has 31 heavy (non-hydrogen) atoms. The Balaban J connectivity index is 2.43. The molecular weight excluding hydrogens is 418 g/mol. The number of esters is 1. The van der Waals surface area contributed by atoms with E-state index in [-0.39, 0.29) is 29.0 Å². The minimum absolute atomic E-state index is 0.166. The number of carbonyl (C=O) groups excluding carboxylic acids is 4. The predicted molar refractivity (Wildman–Crippen MR) is 121 cm³/mol. The molecule has 9 heteroatoms. The van der Waals surface area contributed by atoms with Gasteiger partial charge in [0.2, 0.25) is 5.91 Å². The molecule has 166 valence electrons. The van der Waals surface area contributed by atoms with Crippen LogP contribution < -0.4 is 10.6 Å². The average molecular weight is 446 g/mol. The molecule has 1 aromatic heterocycles. The maximum atomic E-state index is 12.9. The summed E-state index contributed by atoms with van der Waals surface area (Å²) >= 11 is 1.05. The Morgan fingerprint density at radius 3 is 2.32 bits per heavy atom. The fourth-order valence-corrected chi connectivity index (χ4v) is 4.18. The summed E-state index contributed by atoms with van der Waals surface area (Å²) in [6.07, 6.45) is 0. The van der Waals surface area contributed by atoms with Crippen LogP contribution in [0.1, 0.15) is 63.6 Å². The van der Waals surface area contributed by atoms with Gasteiger partial charge in [0.05, 0.1) is 17.0 Å². The highest BCUT2D eigenvalue weighted by Crippen LogP contribution is 2.35. The number of hydrogen-bond acceptors (Lipinski definition) is 6. The van der Waals surface area contributed by atoms with E-state index in [1.807, 2.05) is 13.8 Å². The molecule has 2 aromatic rings. The molecule has 0 spiro atoms. The third-order valence-electron chi connectivity index (χ3n) is 4.54. The summed E-state index contributed by atoms with van der Waals surface area (Å²) < 4.78 is 5.15. The topological polar surface area (TPSA) is 105 Å². The maximum Gasteiger partial charge on any atom is 0.341 e. The first-order chi connectivity index (χ1) is 14.7. The van der Waals surface area contributed by atoms with Crippen molar-refractivity contribution in [1.29, 1.82) is 0 Å². The van der Waals surface area contributed by atoms with Crippen molar-refractivity contribution in [2.75, 3.05) is 30.3 Å². The Hall–Kier alpha value is -3.20. The highest BCUT2D eigenvalue weighted by atomic mass is 32.1. The zero-order valence-electron chi connectivity index (χ0n) is 18.3. The number of hydrogen-bond donors (Lipinski definition) is 2. The number of nitrogens with one attached hydrogen (secondary N) is 2. The SMILES string of the molecule is CCOC(=O)c1c(NC(=O)c2cccc(NC(C)=O)c2)sc(C(=O)N(CC)CC)c1C. The molecule has 0 atom stereocenters. The fraction of sp³-hybridized carbons (Fsp3) is 0.364. The van der Waals surface area contributed by atoms with E-state index in [1.165, 1.54) is 13.0 Å². The van der Waals surface area contributed by atoms with Gasteiger partial charge in [0.15, 0.2) is 0 Å². The highest BCUT2D eigenvalue weighted by Gasteiger charge is 2.28. The Kier molecular flexibility index (Phi) is 8.32. The van der Waals surface area contributed by atoms with Crippen LogP contribution in [0.15, 0.2) is 24.3 Å². The summed E-state index contributed by atoms with van der Waals surface area (Å²) in [6, 6.07) is 6.43. The van der Waals surface area contributed by atoms with Gasteiger partial charge in [-0.2, -0.15) is 0 Å². The lowest BCUT2D eigenvalue weighted by molar-refractivity contribution is -0.114. The van der Waals surface area contributed by atoms with E-state index >= 15 is 0 Å². The van der Waals surface area contributed by atoms with Crippen LogP contribution in [0, 0.1) is 6.92 Å². The minimum Gasteiger partial charge on any atom is -0.462 e.